The van der Waals surface area contributed by atoms with E-state index in [1.165, 1.54) is 0 Å². The topological polar surface area (TPSA) is 57.1 Å². The van der Waals surface area contributed by atoms with Crippen LogP contribution in [0.5, 0.6) is 11.5 Å². The average molecular weight is 533 g/mol. The summed E-state index contributed by atoms with van der Waals surface area (Å²) in [4.78, 5) is 16.6. The van der Waals surface area contributed by atoms with Crippen LogP contribution in [0.3, 0.4) is 0 Å². The number of halogens is 3. The van der Waals surface area contributed by atoms with Crippen LogP contribution in [0.4, 0.5) is 0 Å². The zero-order valence-electron chi connectivity index (χ0n) is 16.8. The molecule has 3 aromatic rings. The SMILES string of the molecule is COc1cc(/C=C2\N=C(c3ccc(Cl)cc3Cl)OC2=O)ccc1OCc1cccc(Br)c1. The van der Waals surface area contributed by atoms with Crippen LogP contribution in [-0.4, -0.2) is 19.0 Å². The smallest absolute Gasteiger partial charge is 0.363 e. The van der Waals surface area contributed by atoms with Crippen LogP contribution in [0.1, 0.15) is 16.7 Å². The molecule has 8 heteroatoms. The number of ether oxygens (including phenoxy) is 3. The van der Waals surface area contributed by atoms with Crippen LogP contribution < -0.4 is 9.47 Å². The minimum absolute atomic E-state index is 0.129. The standard InChI is InChI=1S/C24H16BrCl2NO4/c1-30-22-11-14(5-8-21(22)31-13-15-3-2-4-16(25)9-15)10-20-24(29)32-23(28-20)18-7-6-17(26)12-19(18)27/h2-12H,13H2,1H3/b20-10-. The van der Waals surface area contributed by atoms with E-state index in [9.17, 15) is 4.79 Å². The van der Waals surface area contributed by atoms with E-state index in [4.69, 9.17) is 37.4 Å². The molecule has 0 radical (unpaired) electrons. The molecule has 5 nitrogen and oxygen atoms in total. The minimum atomic E-state index is -0.569. The molecule has 0 aromatic heterocycles. The van der Waals surface area contributed by atoms with Crippen molar-refractivity contribution in [1.29, 1.82) is 0 Å². The number of cyclic esters (lactones) is 1. The summed E-state index contributed by atoms with van der Waals surface area (Å²) in [5.41, 5.74) is 2.36. The van der Waals surface area contributed by atoms with Crippen molar-refractivity contribution in [2.75, 3.05) is 7.11 Å². The highest BCUT2D eigenvalue weighted by Gasteiger charge is 2.25. The Morgan fingerprint density at radius 2 is 1.91 bits per heavy atom. The Morgan fingerprint density at radius 3 is 2.66 bits per heavy atom. The number of esters is 1. The van der Waals surface area contributed by atoms with Gasteiger partial charge in [-0.05, 0) is 59.7 Å². The van der Waals surface area contributed by atoms with Crippen molar-refractivity contribution < 1.29 is 19.0 Å². The van der Waals surface area contributed by atoms with Crippen LogP contribution in [0.25, 0.3) is 6.08 Å². The molecule has 0 N–H and O–H groups in total. The number of benzene rings is 3. The maximum atomic E-state index is 12.3. The third-order valence-corrected chi connectivity index (χ3v) is 5.60. The third-order valence-electron chi connectivity index (χ3n) is 4.56. The van der Waals surface area contributed by atoms with E-state index < -0.39 is 5.97 Å². The second kappa shape index (κ2) is 9.77. The summed E-state index contributed by atoms with van der Waals surface area (Å²) in [6.07, 6.45) is 1.61. The van der Waals surface area contributed by atoms with Crippen molar-refractivity contribution in [1.82, 2.24) is 0 Å². The molecule has 32 heavy (non-hydrogen) atoms. The Balaban J connectivity index is 1.55. The summed E-state index contributed by atoms with van der Waals surface area (Å²) in [5, 5.41) is 0.827. The average Bonchev–Trinajstić information content (AvgIpc) is 3.12. The van der Waals surface area contributed by atoms with Crippen molar-refractivity contribution in [3.63, 3.8) is 0 Å². The van der Waals surface area contributed by atoms with Crippen molar-refractivity contribution in [2.24, 2.45) is 4.99 Å². The first-order valence-electron chi connectivity index (χ1n) is 9.46. The van der Waals surface area contributed by atoms with Crippen molar-refractivity contribution in [2.45, 2.75) is 6.61 Å². The largest absolute Gasteiger partial charge is 0.493 e. The van der Waals surface area contributed by atoms with Crippen LogP contribution >= 0.6 is 39.1 Å². The van der Waals surface area contributed by atoms with Gasteiger partial charge in [0.25, 0.3) is 0 Å². The van der Waals surface area contributed by atoms with Gasteiger partial charge in [-0.3, -0.25) is 0 Å². The molecule has 0 atom stereocenters. The van der Waals surface area contributed by atoms with Crippen molar-refractivity contribution >= 4 is 57.1 Å². The Morgan fingerprint density at radius 1 is 1.06 bits per heavy atom. The quantitative estimate of drug-likeness (QED) is 0.262. The molecular formula is C24H16BrCl2NO4. The lowest BCUT2D eigenvalue weighted by atomic mass is 10.1. The van der Waals surface area contributed by atoms with Crippen LogP contribution in [0.2, 0.25) is 10.0 Å². The van der Waals surface area contributed by atoms with Gasteiger partial charge in [-0.15, -0.1) is 0 Å². The molecular weight excluding hydrogens is 517 g/mol. The van der Waals surface area contributed by atoms with E-state index in [1.54, 1.807) is 43.5 Å². The first-order valence-corrected chi connectivity index (χ1v) is 11.0. The van der Waals surface area contributed by atoms with E-state index in [1.807, 2.05) is 30.3 Å². The number of carbonyl (C=O) groups is 1. The molecule has 0 unspecified atom stereocenters. The highest BCUT2D eigenvalue weighted by Crippen LogP contribution is 2.31. The van der Waals surface area contributed by atoms with Gasteiger partial charge in [0, 0.05) is 9.50 Å². The Labute approximate surface area is 203 Å². The summed E-state index contributed by atoms with van der Waals surface area (Å²) in [6.45, 7) is 0.387. The first kappa shape index (κ1) is 22.4. The van der Waals surface area contributed by atoms with E-state index in [0.717, 1.165) is 10.0 Å². The molecule has 162 valence electrons. The van der Waals surface area contributed by atoms with Gasteiger partial charge < -0.3 is 14.2 Å². The van der Waals surface area contributed by atoms with Crippen molar-refractivity contribution in [3.8, 4) is 11.5 Å². The summed E-state index contributed by atoms with van der Waals surface area (Å²) in [5.74, 6) is 0.676. The van der Waals surface area contributed by atoms with E-state index in [-0.39, 0.29) is 11.6 Å². The monoisotopic (exact) mass is 531 g/mol. The fourth-order valence-corrected chi connectivity index (χ4v) is 3.96. The van der Waals surface area contributed by atoms with Gasteiger partial charge in [0.15, 0.2) is 17.2 Å². The zero-order chi connectivity index (χ0) is 22.7. The van der Waals surface area contributed by atoms with E-state index >= 15 is 0 Å². The van der Waals surface area contributed by atoms with Gasteiger partial charge in [-0.1, -0.05) is 57.3 Å². The van der Waals surface area contributed by atoms with Gasteiger partial charge >= 0.3 is 5.97 Å². The molecule has 0 aliphatic carbocycles. The molecule has 0 amide bonds. The third kappa shape index (κ3) is 5.15. The molecule has 0 saturated heterocycles. The van der Waals surface area contributed by atoms with Gasteiger partial charge in [0.1, 0.15) is 6.61 Å². The van der Waals surface area contributed by atoms with Crippen LogP contribution in [0.15, 0.2) is 75.8 Å². The Kier molecular flexibility index (Phi) is 6.84. The second-order valence-corrected chi connectivity index (χ2v) is 8.55. The first-order chi connectivity index (χ1) is 15.4. The summed E-state index contributed by atoms with van der Waals surface area (Å²) in [6, 6.07) is 18.1. The Hall–Kier alpha value is -2.80. The number of hydrogen-bond donors (Lipinski definition) is 0. The maximum Gasteiger partial charge on any atom is 0.363 e. The van der Waals surface area contributed by atoms with Crippen molar-refractivity contribution in [3.05, 3.63) is 97.6 Å². The normalized spacial score (nSPS) is 14.3. The van der Waals surface area contributed by atoms with E-state index in [0.29, 0.717) is 39.3 Å². The van der Waals surface area contributed by atoms with Gasteiger partial charge in [-0.25, -0.2) is 9.79 Å². The van der Waals surface area contributed by atoms with Gasteiger partial charge in [0.2, 0.25) is 5.90 Å². The Bertz CT molecular complexity index is 1260. The fraction of sp³-hybridized carbons (Fsp3) is 0.0833. The number of methoxy groups -OCH3 is 1. The molecule has 0 spiro atoms. The minimum Gasteiger partial charge on any atom is -0.493 e. The second-order valence-electron chi connectivity index (χ2n) is 6.79. The lowest BCUT2D eigenvalue weighted by molar-refractivity contribution is -0.129. The summed E-state index contributed by atoms with van der Waals surface area (Å²) >= 11 is 15.6. The van der Waals surface area contributed by atoms with Crippen LogP contribution in [-0.2, 0) is 16.1 Å². The lowest BCUT2D eigenvalue weighted by Gasteiger charge is -2.11. The molecule has 0 saturated carbocycles. The number of nitrogens with zero attached hydrogens (tertiary/aromatic N) is 1. The molecule has 0 bridgehead atoms. The predicted octanol–water partition coefficient (Wildman–Crippen LogP) is 6.69. The van der Waals surface area contributed by atoms with Gasteiger partial charge in [0.05, 0.1) is 17.7 Å². The number of carbonyl (C=O) groups excluding carboxylic acids is 1. The lowest BCUT2D eigenvalue weighted by Crippen LogP contribution is -2.05. The van der Waals surface area contributed by atoms with Crippen LogP contribution in [0, 0.1) is 0 Å². The molecule has 3 aromatic carbocycles. The highest BCUT2D eigenvalue weighted by atomic mass is 79.9. The zero-order valence-corrected chi connectivity index (χ0v) is 19.9. The number of rotatable bonds is 6. The number of hydrogen-bond acceptors (Lipinski definition) is 5. The summed E-state index contributed by atoms with van der Waals surface area (Å²) in [7, 11) is 1.56. The molecule has 1 heterocycles. The maximum absolute atomic E-state index is 12.3. The highest BCUT2D eigenvalue weighted by molar-refractivity contribution is 9.10. The predicted molar refractivity (Wildman–Crippen MR) is 129 cm³/mol. The molecule has 4 rings (SSSR count). The molecule has 1 aliphatic heterocycles. The summed E-state index contributed by atoms with van der Waals surface area (Å²) < 4.78 is 17.6. The fourth-order valence-electron chi connectivity index (χ4n) is 3.03. The molecule has 1 aliphatic rings. The number of aliphatic imine (C=N–C) groups is 1. The van der Waals surface area contributed by atoms with E-state index in [2.05, 4.69) is 20.9 Å². The molecule has 0 fully saturated rings. The van der Waals surface area contributed by atoms with Gasteiger partial charge in [-0.2, -0.15) is 0 Å².